The van der Waals surface area contributed by atoms with Crippen molar-refractivity contribution in [3.8, 4) is 0 Å². The number of carbonyl (C=O) groups excluding carboxylic acids is 2. The average Bonchev–Trinajstić information content (AvgIpc) is 2.72. The molecule has 0 aromatic rings. The number of rotatable bonds is 4. The van der Waals surface area contributed by atoms with Crippen LogP contribution in [-0.2, 0) is 14.3 Å². The Morgan fingerprint density at radius 1 is 1.53 bits per heavy atom. The van der Waals surface area contributed by atoms with Crippen molar-refractivity contribution in [3.05, 3.63) is 12.2 Å². The predicted octanol–water partition coefficient (Wildman–Crippen LogP) is 1.72. The highest BCUT2D eigenvalue weighted by atomic mass is 16.5. The van der Waals surface area contributed by atoms with E-state index >= 15 is 0 Å². The van der Waals surface area contributed by atoms with Gasteiger partial charge in [-0.1, -0.05) is 12.2 Å². The number of allylic oxidation sites excluding steroid dienone is 2. The number of ketones is 1. The maximum atomic E-state index is 11.6. The van der Waals surface area contributed by atoms with E-state index in [2.05, 4.69) is 0 Å². The number of hydrogen-bond donors (Lipinski definition) is 0. The van der Waals surface area contributed by atoms with Crippen LogP contribution in [0.15, 0.2) is 12.2 Å². The van der Waals surface area contributed by atoms with Gasteiger partial charge in [-0.25, -0.2) is 0 Å². The molecule has 3 nitrogen and oxygen atoms in total. The zero-order chi connectivity index (χ0) is 10.8. The van der Waals surface area contributed by atoms with Gasteiger partial charge in [-0.2, -0.15) is 0 Å². The summed E-state index contributed by atoms with van der Waals surface area (Å²) in [4.78, 5) is 22.7. The molecule has 0 saturated heterocycles. The van der Waals surface area contributed by atoms with Gasteiger partial charge in [0.2, 0.25) is 0 Å². The summed E-state index contributed by atoms with van der Waals surface area (Å²) >= 11 is 0. The molecule has 3 heteroatoms. The molecule has 3 atom stereocenters. The van der Waals surface area contributed by atoms with E-state index in [1.165, 1.54) is 0 Å². The van der Waals surface area contributed by atoms with Crippen molar-refractivity contribution in [1.29, 1.82) is 0 Å². The molecular weight excluding hydrogens is 192 g/mol. The molecule has 1 saturated carbocycles. The Balaban J connectivity index is 1.80. The standard InChI is InChI=1S/C12H16O3/c1-2-15-11(13)6-4-8-7-9-3-5-10(8)12(9)14/h3,5,8-10H,2,4,6-7H2,1H3. The quantitative estimate of drug-likeness (QED) is 0.522. The summed E-state index contributed by atoms with van der Waals surface area (Å²) in [6, 6.07) is 0. The molecule has 0 aromatic carbocycles. The van der Waals surface area contributed by atoms with Crippen LogP contribution >= 0.6 is 0 Å². The number of fused-ring (bicyclic) bond motifs is 2. The first-order chi connectivity index (χ1) is 7.22. The van der Waals surface area contributed by atoms with Crippen molar-refractivity contribution in [2.45, 2.75) is 26.2 Å². The fourth-order valence-corrected chi connectivity index (χ4v) is 2.58. The molecule has 2 rings (SSSR count). The molecule has 0 N–H and O–H groups in total. The van der Waals surface area contributed by atoms with Crippen molar-refractivity contribution in [2.24, 2.45) is 17.8 Å². The summed E-state index contributed by atoms with van der Waals surface area (Å²) in [5.41, 5.74) is 0. The molecular formula is C12H16O3. The molecule has 3 unspecified atom stereocenters. The molecule has 1 fully saturated rings. The van der Waals surface area contributed by atoms with Crippen molar-refractivity contribution < 1.29 is 14.3 Å². The second kappa shape index (κ2) is 4.17. The van der Waals surface area contributed by atoms with E-state index in [0.717, 1.165) is 12.8 Å². The van der Waals surface area contributed by atoms with Crippen molar-refractivity contribution in [1.82, 2.24) is 0 Å². The molecule has 2 aliphatic rings. The third-order valence-corrected chi connectivity index (χ3v) is 3.33. The van der Waals surface area contributed by atoms with Gasteiger partial charge in [0.15, 0.2) is 0 Å². The molecule has 0 aliphatic heterocycles. The van der Waals surface area contributed by atoms with E-state index in [1.54, 1.807) is 0 Å². The Bertz CT molecular complexity index is 306. The van der Waals surface area contributed by atoms with Gasteiger partial charge in [-0.05, 0) is 25.7 Å². The molecule has 0 aromatic heterocycles. The van der Waals surface area contributed by atoms with Crippen LogP contribution in [0.5, 0.6) is 0 Å². The Kier molecular flexibility index (Phi) is 2.89. The zero-order valence-corrected chi connectivity index (χ0v) is 8.94. The molecule has 0 heterocycles. The Morgan fingerprint density at radius 2 is 2.33 bits per heavy atom. The van der Waals surface area contributed by atoms with E-state index in [0.29, 0.717) is 24.7 Å². The van der Waals surface area contributed by atoms with Crippen LogP contribution < -0.4 is 0 Å². The number of carbonyl (C=O) groups is 2. The summed E-state index contributed by atoms with van der Waals surface area (Å²) in [6.07, 6.45) is 6.18. The smallest absolute Gasteiger partial charge is 0.305 e. The molecule has 0 amide bonds. The third kappa shape index (κ3) is 1.96. The lowest BCUT2D eigenvalue weighted by molar-refractivity contribution is -0.143. The van der Waals surface area contributed by atoms with Crippen LogP contribution in [0.25, 0.3) is 0 Å². The Morgan fingerprint density at radius 3 is 2.87 bits per heavy atom. The van der Waals surface area contributed by atoms with E-state index in [-0.39, 0.29) is 17.8 Å². The van der Waals surface area contributed by atoms with Crippen LogP contribution in [0.3, 0.4) is 0 Å². The lowest BCUT2D eigenvalue weighted by atomic mass is 9.89. The Labute approximate surface area is 89.5 Å². The van der Waals surface area contributed by atoms with Gasteiger partial charge in [-0.15, -0.1) is 0 Å². The summed E-state index contributed by atoms with van der Waals surface area (Å²) < 4.78 is 4.87. The zero-order valence-electron chi connectivity index (χ0n) is 8.94. The van der Waals surface area contributed by atoms with Crippen LogP contribution in [0.2, 0.25) is 0 Å². The SMILES string of the molecule is CCOC(=O)CCC1CC2C=CC1C2=O. The van der Waals surface area contributed by atoms with E-state index in [1.807, 2.05) is 19.1 Å². The topological polar surface area (TPSA) is 43.4 Å². The van der Waals surface area contributed by atoms with Crippen LogP contribution in [0.1, 0.15) is 26.2 Å². The maximum absolute atomic E-state index is 11.6. The molecule has 0 radical (unpaired) electrons. The lowest BCUT2D eigenvalue weighted by Crippen LogP contribution is -2.13. The van der Waals surface area contributed by atoms with Gasteiger partial charge in [0.1, 0.15) is 5.78 Å². The van der Waals surface area contributed by atoms with Crippen molar-refractivity contribution in [2.75, 3.05) is 6.61 Å². The summed E-state index contributed by atoms with van der Waals surface area (Å²) in [5, 5.41) is 0. The first-order valence-corrected chi connectivity index (χ1v) is 5.60. The Hall–Kier alpha value is -1.12. The highest BCUT2D eigenvalue weighted by Gasteiger charge is 2.43. The largest absolute Gasteiger partial charge is 0.466 e. The van der Waals surface area contributed by atoms with Crippen LogP contribution in [-0.4, -0.2) is 18.4 Å². The second-order valence-corrected chi connectivity index (χ2v) is 4.26. The predicted molar refractivity (Wildman–Crippen MR) is 55.1 cm³/mol. The summed E-state index contributed by atoms with van der Waals surface area (Å²) in [6.45, 7) is 2.25. The summed E-state index contributed by atoms with van der Waals surface area (Å²) in [7, 11) is 0. The molecule has 82 valence electrons. The van der Waals surface area contributed by atoms with Crippen molar-refractivity contribution >= 4 is 11.8 Å². The molecule has 0 spiro atoms. The minimum Gasteiger partial charge on any atom is -0.466 e. The second-order valence-electron chi connectivity index (χ2n) is 4.26. The van der Waals surface area contributed by atoms with Gasteiger partial charge in [0.25, 0.3) is 0 Å². The van der Waals surface area contributed by atoms with E-state index in [9.17, 15) is 9.59 Å². The van der Waals surface area contributed by atoms with Gasteiger partial charge < -0.3 is 4.74 Å². The monoisotopic (exact) mass is 208 g/mol. The third-order valence-electron chi connectivity index (χ3n) is 3.33. The number of ether oxygens (including phenoxy) is 1. The first-order valence-electron chi connectivity index (χ1n) is 5.60. The number of esters is 1. The van der Waals surface area contributed by atoms with Gasteiger partial charge in [0.05, 0.1) is 6.61 Å². The number of hydrogen-bond acceptors (Lipinski definition) is 3. The minimum atomic E-state index is -0.142. The van der Waals surface area contributed by atoms with Crippen LogP contribution in [0, 0.1) is 17.8 Å². The fraction of sp³-hybridized carbons (Fsp3) is 0.667. The fourth-order valence-electron chi connectivity index (χ4n) is 2.58. The average molecular weight is 208 g/mol. The van der Waals surface area contributed by atoms with E-state index < -0.39 is 0 Å². The highest BCUT2D eigenvalue weighted by Crippen LogP contribution is 2.42. The van der Waals surface area contributed by atoms with E-state index in [4.69, 9.17) is 4.74 Å². The van der Waals surface area contributed by atoms with Gasteiger partial charge >= 0.3 is 5.97 Å². The number of Topliss-reactive ketones (excluding diaryl/α,β-unsaturated/α-hetero) is 1. The lowest BCUT2D eigenvalue weighted by Gasteiger charge is -2.15. The molecule has 2 aliphatic carbocycles. The van der Waals surface area contributed by atoms with Crippen LogP contribution in [0.4, 0.5) is 0 Å². The molecule has 15 heavy (non-hydrogen) atoms. The van der Waals surface area contributed by atoms with Gasteiger partial charge in [-0.3, -0.25) is 9.59 Å². The molecule has 2 bridgehead atoms. The normalized spacial score (nSPS) is 32.3. The highest BCUT2D eigenvalue weighted by molar-refractivity contribution is 5.91. The summed E-state index contributed by atoms with van der Waals surface area (Å²) in [5.74, 6) is 0.809. The van der Waals surface area contributed by atoms with Gasteiger partial charge in [0, 0.05) is 18.3 Å². The van der Waals surface area contributed by atoms with Crippen molar-refractivity contribution in [3.63, 3.8) is 0 Å². The maximum Gasteiger partial charge on any atom is 0.305 e. The first kappa shape index (κ1) is 10.4. The minimum absolute atomic E-state index is 0.0874.